The highest BCUT2D eigenvalue weighted by Gasteiger charge is 2.21. The van der Waals surface area contributed by atoms with Crippen LogP contribution in [0.1, 0.15) is 31.9 Å². The van der Waals surface area contributed by atoms with Crippen molar-refractivity contribution >= 4 is 5.96 Å². The average molecular weight is 335 g/mol. The van der Waals surface area contributed by atoms with E-state index in [1.165, 1.54) is 5.56 Å². The Kier molecular flexibility index (Phi) is 7.18. The fraction of sp³-hybridized carbons (Fsp3) is 0.611. The summed E-state index contributed by atoms with van der Waals surface area (Å²) in [5.41, 5.74) is 2.25. The Morgan fingerprint density at radius 1 is 1.33 bits per heavy atom. The van der Waals surface area contributed by atoms with E-state index in [1.807, 2.05) is 13.8 Å². The molecule has 0 radical (unpaired) electrons. The number of guanidine groups is 1. The lowest BCUT2D eigenvalue weighted by atomic mass is 10.1. The lowest BCUT2D eigenvalue weighted by Gasteiger charge is -2.13. The summed E-state index contributed by atoms with van der Waals surface area (Å²) in [7, 11) is 1.69. The summed E-state index contributed by atoms with van der Waals surface area (Å²) >= 11 is 0. The van der Waals surface area contributed by atoms with E-state index >= 15 is 0 Å². The third-order valence-corrected chi connectivity index (χ3v) is 3.73. The van der Waals surface area contributed by atoms with Crippen LogP contribution in [0.3, 0.4) is 0 Å². The Morgan fingerprint density at radius 2 is 2.17 bits per heavy atom. The van der Waals surface area contributed by atoms with Gasteiger partial charge in [-0.15, -0.1) is 0 Å². The Labute approximate surface area is 144 Å². The third-order valence-electron chi connectivity index (χ3n) is 3.73. The minimum atomic E-state index is 0.223. The molecule has 2 N–H and O–H groups in total. The molecule has 1 aromatic rings. The van der Waals surface area contributed by atoms with Crippen LogP contribution in [0.15, 0.2) is 17.1 Å². The summed E-state index contributed by atoms with van der Waals surface area (Å²) in [6, 6.07) is 4.16. The Hall–Kier alpha value is -1.95. The summed E-state index contributed by atoms with van der Waals surface area (Å²) < 4.78 is 16.7. The average Bonchev–Trinajstić information content (AvgIpc) is 2.92. The number of ether oxygens (including phenoxy) is 3. The number of rotatable bonds is 8. The van der Waals surface area contributed by atoms with Gasteiger partial charge in [-0.05, 0) is 32.9 Å². The molecule has 1 aliphatic rings. The smallest absolute Gasteiger partial charge is 0.191 e. The maximum atomic E-state index is 5.86. The fourth-order valence-electron chi connectivity index (χ4n) is 2.67. The molecule has 0 saturated heterocycles. The Bertz CT molecular complexity index is 561. The zero-order chi connectivity index (χ0) is 17.4. The molecule has 1 heterocycles. The van der Waals surface area contributed by atoms with Gasteiger partial charge < -0.3 is 24.8 Å². The van der Waals surface area contributed by atoms with Crippen LogP contribution < -0.4 is 20.1 Å². The van der Waals surface area contributed by atoms with Crippen molar-refractivity contribution < 1.29 is 14.2 Å². The van der Waals surface area contributed by atoms with Gasteiger partial charge in [0.1, 0.15) is 17.6 Å². The van der Waals surface area contributed by atoms with Crippen molar-refractivity contribution in [2.24, 2.45) is 4.99 Å². The third kappa shape index (κ3) is 5.03. The van der Waals surface area contributed by atoms with Crippen LogP contribution in [-0.2, 0) is 17.7 Å². The molecule has 2 rings (SSSR count). The number of nitrogens with one attached hydrogen (secondary N) is 2. The molecule has 0 amide bonds. The number of nitrogens with zero attached hydrogens (tertiary/aromatic N) is 1. The van der Waals surface area contributed by atoms with Gasteiger partial charge >= 0.3 is 0 Å². The summed E-state index contributed by atoms with van der Waals surface area (Å²) in [5, 5.41) is 6.48. The summed E-state index contributed by atoms with van der Waals surface area (Å²) in [5.74, 6) is 2.62. The summed E-state index contributed by atoms with van der Waals surface area (Å²) in [6.07, 6.45) is 1.15. The van der Waals surface area contributed by atoms with Crippen LogP contribution in [0, 0.1) is 0 Å². The molecule has 134 valence electrons. The second-order valence-corrected chi connectivity index (χ2v) is 5.75. The van der Waals surface area contributed by atoms with Crippen molar-refractivity contribution in [3.8, 4) is 11.5 Å². The molecule has 0 bridgehead atoms. The van der Waals surface area contributed by atoms with Crippen LogP contribution in [0.25, 0.3) is 0 Å². The van der Waals surface area contributed by atoms with Gasteiger partial charge in [0.25, 0.3) is 0 Å². The van der Waals surface area contributed by atoms with Gasteiger partial charge in [-0.2, -0.15) is 0 Å². The molecule has 1 unspecified atom stereocenters. The topological polar surface area (TPSA) is 64.1 Å². The summed E-state index contributed by atoms with van der Waals surface area (Å²) in [6.45, 7) is 9.45. The van der Waals surface area contributed by atoms with Gasteiger partial charge in [-0.1, -0.05) is 0 Å². The molecular formula is C18H29N3O3. The van der Waals surface area contributed by atoms with Gasteiger partial charge in [0.05, 0.1) is 19.8 Å². The molecule has 0 spiro atoms. The highest BCUT2D eigenvalue weighted by molar-refractivity contribution is 5.79. The first-order valence-corrected chi connectivity index (χ1v) is 8.64. The zero-order valence-corrected chi connectivity index (χ0v) is 15.1. The van der Waals surface area contributed by atoms with Crippen molar-refractivity contribution in [2.45, 2.75) is 39.8 Å². The molecule has 24 heavy (non-hydrogen) atoms. The zero-order valence-electron chi connectivity index (χ0n) is 15.1. The number of fused-ring (bicyclic) bond motifs is 1. The van der Waals surface area contributed by atoms with Gasteiger partial charge in [0, 0.05) is 37.7 Å². The monoisotopic (exact) mass is 335 g/mol. The van der Waals surface area contributed by atoms with Gasteiger partial charge in [-0.25, -0.2) is 4.99 Å². The molecule has 0 aromatic heterocycles. The first-order valence-electron chi connectivity index (χ1n) is 8.64. The second-order valence-electron chi connectivity index (χ2n) is 5.75. The van der Waals surface area contributed by atoms with Crippen LogP contribution in [0.4, 0.5) is 0 Å². The van der Waals surface area contributed by atoms with Gasteiger partial charge in [0.2, 0.25) is 0 Å². The highest BCUT2D eigenvalue weighted by Crippen LogP contribution is 2.35. The molecule has 0 saturated carbocycles. The van der Waals surface area contributed by atoms with E-state index < -0.39 is 0 Å². The number of hydrogen-bond donors (Lipinski definition) is 2. The lowest BCUT2D eigenvalue weighted by molar-refractivity contribution is 0.203. The van der Waals surface area contributed by atoms with Crippen LogP contribution in [0.2, 0.25) is 0 Å². The van der Waals surface area contributed by atoms with Crippen LogP contribution >= 0.6 is 0 Å². The van der Waals surface area contributed by atoms with Gasteiger partial charge in [0.15, 0.2) is 5.96 Å². The molecule has 1 atom stereocenters. The minimum Gasteiger partial charge on any atom is -0.494 e. The van der Waals surface area contributed by atoms with E-state index in [-0.39, 0.29) is 6.10 Å². The molecule has 6 heteroatoms. The predicted molar refractivity (Wildman–Crippen MR) is 96.1 cm³/mol. The molecule has 6 nitrogen and oxygen atoms in total. The normalized spacial score (nSPS) is 16.5. The van der Waals surface area contributed by atoms with E-state index in [4.69, 9.17) is 14.2 Å². The quantitative estimate of drug-likeness (QED) is 0.433. The molecule has 1 aromatic carbocycles. The largest absolute Gasteiger partial charge is 0.494 e. The van der Waals surface area contributed by atoms with Crippen molar-refractivity contribution in [1.29, 1.82) is 0 Å². The van der Waals surface area contributed by atoms with Gasteiger partial charge in [-0.3, -0.25) is 0 Å². The van der Waals surface area contributed by atoms with E-state index in [0.717, 1.165) is 36.0 Å². The second kappa shape index (κ2) is 9.37. The van der Waals surface area contributed by atoms with Crippen molar-refractivity contribution in [3.63, 3.8) is 0 Å². The van der Waals surface area contributed by atoms with E-state index in [9.17, 15) is 0 Å². The van der Waals surface area contributed by atoms with E-state index in [1.54, 1.807) is 7.11 Å². The van der Waals surface area contributed by atoms with Crippen LogP contribution in [-0.4, -0.2) is 45.5 Å². The lowest BCUT2D eigenvalue weighted by Crippen LogP contribution is -2.38. The molecule has 0 fully saturated rings. The van der Waals surface area contributed by atoms with Crippen LogP contribution in [0.5, 0.6) is 11.5 Å². The van der Waals surface area contributed by atoms with Crippen molar-refractivity contribution in [3.05, 3.63) is 23.3 Å². The molecule has 1 aliphatic heterocycles. The maximum absolute atomic E-state index is 5.86. The maximum Gasteiger partial charge on any atom is 0.191 e. The summed E-state index contributed by atoms with van der Waals surface area (Å²) in [4.78, 5) is 4.65. The van der Waals surface area contributed by atoms with Crippen molar-refractivity contribution in [1.82, 2.24) is 10.6 Å². The standard InChI is InChI=1S/C18H29N3O3/c1-5-19-18(20-7-8-22-4)21-12-15-11-17-14(9-13(3)24-17)10-16(15)23-6-2/h10-11,13H,5-9,12H2,1-4H3,(H2,19,20,21). The number of hydrogen-bond acceptors (Lipinski definition) is 4. The predicted octanol–water partition coefficient (Wildman–Crippen LogP) is 2.11. The minimum absolute atomic E-state index is 0.223. The Morgan fingerprint density at radius 3 is 2.88 bits per heavy atom. The fourth-order valence-corrected chi connectivity index (χ4v) is 2.67. The van der Waals surface area contributed by atoms with E-state index in [0.29, 0.717) is 26.3 Å². The molecular weight excluding hydrogens is 306 g/mol. The number of benzene rings is 1. The molecule has 0 aliphatic carbocycles. The van der Waals surface area contributed by atoms with E-state index in [2.05, 4.69) is 34.7 Å². The first kappa shape index (κ1) is 18.4. The first-order chi connectivity index (χ1) is 11.7. The number of aliphatic imine (C=N–C) groups is 1. The highest BCUT2D eigenvalue weighted by atomic mass is 16.5. The SMILES string of the molecule is CCNC(=NCc1cc2c(cc1OCC)CC(C)O2)NCCOC. The Balaban J connectivity index is 2.14. The number of methoxy groups -OCH3 is 1. The van der Waals surface area contributed by atoms with Crippen molar-refractivity contribution in [2.75, 3.05) is 33.4 Å².